The third-order valence-corrected chi connectivity index (χ3v) is 8.28. The summed E-state index contributed by atoms with van der Waals surface area (Å²) in [5.41, 5.74) is 2.24. The third kappa shape index (κ3) is 5.40. The van der Waals surface area contributed by atoms with E-state index in [1.807, 2.05) is 23.6 Å². The maximum absolute atomic E-state index is 12.9. The van der Waals surface area contributed by atoms with Gasteiger partial charge in [-0.3, -0.25) is 4.79 Å². The molecule has 2 aromatic heterocycles. The molecule has 1 aliphatic rings. The topological polar surface area (TPSA) is 114 Å². The molecule has 0 fully saturated rings. The number of carbonyl (C=O) groups excluding carboxylic acids is 2. The number of ether oxygens (including phenoxy) is 4. The minimum absolute atomic E-state index is 0.108. The number of fused-ring (bicyclic) bond motifs is 1. The van der Waals surface area contributed by atoms with Crippen molar-refractivity contribution in [3.8, 4) is 28.6 Å². The number of hydrogen-bond donors (Lipinski definition) is 1. The summed E-state index contributed by atoms with van der Waals surface area (Å²) in [4.78, 5) is 26.5. The zero-order valence-electron chi connectivity index (χ0n) is 21.5. The van der Waals surface area contributed by atoms with Crippen molar-refractivity contribution in [3.63, 3.8) is 0 Å². The second-order valence-corrected chi connectivity index (χ2v) is 10.3. The van der Waals surface area contributed by atoms with E-state index in [2.05, 4.69) is 15.5 Å². The van der Waals surface area contributed by atoms with E-state index in [-0.39, 0.29) is 11.7 Å². The normalized spacial score (nSPS) is 12.6. The van der Waals surface area contributed by atoms with Crippen LogP contribution in [-0.2, 0) is 28.9 Å². The largest absolute Gasteiger partial charge is 0.493 e. The monoisotopic (exact) mass is 546 g/mol. The molecule has 0 spiro atoms. The van der Waals surface area contributed by atoms with Crippen LogP contribution in [0.1, 0.15) is 40.6 Å². The lowest BCUT2D eigenvalue weighted by Gasteiger charge is -2.14. The minimum Gasteiger partial charge on any atom is -0.493 e. The molecule has 1 N–H and O–H groups in total. The summed E-state index contributed by atoms with van der Waals surface area (Å²) in [7, 11) is 6.02. The molecule has 0 aliphatic heterocycles. The van der Waals surface area contributed by atoms with Gasteiger partial charge in [0.25, 0.3) is 0 Å². The summed E-state index contributed by atoms with van der Waals surface area (Å²) < 4.78 is 23.3. The molecule has 198 valence electrons. The summed E-state index contributed by atoms with van der Waals surface area (Å²) in [6.07, 6.45) is 3.85. The van der Waals surface area contributed by atoms with E-state index >= 15 is 0 Å². The fraction of sp³-hybridized carbons (Fsp3) is 0.440. The number of rotatable bonds is 10. The van der Waals surface area contributed by atoms with E-state index in [0.717, 1.165) is 41.7 Å². The van der Waals surface area contributed by atoms with E-state index < -0.39 is 5.97 Å². The molecule has 0 unspecified atom stereocenters. The van der Waals surface area contributed by atoms with E-state index in [1.165, 1.54) is 30.2 Å². The van der Waals surface area contributed by atoms with Gasteiger partial charge in [-0.25, -0.2) is 4.79 Å². The van der Waals surface area contributed by atoms with Gasteiger partial charge in [0.1, 0.15) is 5.00 Å². The van der Waals surface area contributed by atoms with Gasteiger partial charge in [0.2, 0.25) is 11.7 Å². The number of thioether (sulfide) groups is 1. The molecule has 1 amide bonds. The Labute approximate surface area is 223 Å². The number of benzene rings is 1. The van der Waals surface area contributed by atoms with Crippen LogP contribution in [0.25, 0.3) is 11.4 Å². The first-order chi connectivity index (χ1) is 17.9. The molecule has 0 saturated carbocycles. The SMILES string of the molecule is CCn1c(SCC(=O)Nc2sc3c(c2C(=O)OC)CCCC3)nnc1-c1cc(OC)c(OC)c(OC)c1. The highest BCUT2D eigenvalue weighted by molar-refractivity contribution is 7.99. The van der Waals surface area contributed by atoms with Crippen LogP contribution in [0.4, 0.5) is 5.00 Å². The van der Waals surface area contributed by atoms with Crippen molar-refractivity contribution in [2.75, 3.05) is 39.5 Å². The number of methoxy groups -OCH3 is 4. The van der Waals surface area contributed by atoms with Crippen LogP contribution in [0.3, 0.4) is 0 Å². The number of aryl methyl sites for hydroxylation is 1. The van der Waals surface area contributed by atoms with E-state index in [9.17, 15) is 9.59 Å². The van der Waals surface area contributed by atoms with Crippen molar-refractivity contribution in [3.05, 3.63) is 28.1 Å². The molecule has 12 heteroatoms. The molecule has 10 nitrogen and oxygen atoms in total. The molecule has 3 aromatic rings. The van der Waals surface area contributed by atoms with Gasteiger partial charge in [-0.05, 0) is 50.3 Å². The van der Waals surface area contributed by atoms with Crippen LogP contribution < -0.4 is 19.5 Å². The number of anilines is 1. The van der Waals surface area contributed by atoms with Gasteiger partial charge in [0.15, 0.2) is 22.5 Å². The first kappa shape index (κ1) is 26.8. The lowest BCUT2D eigenvalue weighted by atomic mass is 9.95. The molecule has 1 aliphatic carbocycles. The van der Waals surface area contributed by atoms with Gasteiger partial charge in [-0.1, -0.05) is 11.8 Å². The van der Waals surface area contributed by atoms with Gasteiger partial charge < -0.3 is 28.8 Å². The summed E-state index contributed by atoms with van der Waals surface area (Å²) >= 11 is 2.74. The van der Waals surface area contributed by atoms with Crippen molar-refractivity contribution in [1.82, 2.24) is 14.8 Å². The van der Waals surface area contributed by atoms with Gasteiger partial charge >= 0.3 is 5.97 Å². The highest BCUT2D eigenvalue weighted by Crippen LogP contribution is 2.41. The second-order valence-electron chi connectivity index (χ2n) is 8.21. The number of nitrogens with zero attached hydrogens (tertiary/aromatic N) is 3. The standard InChI is InChI=1S/C25H30N4O6S2/c1-6-29-22(14-11-16(32-2)21(34-4)17(12-14)33-3)27-28-25(29)36-13-19(30)26-23-20(24(31)35-5)15-9-7-8-10-18(15)37-23/h11-12H,6-10,13H2,1-5H3,(H,26,30). The third-order valence-electron chi connectivity index (χ3n) is 6.10. The fourth-order valence-electron chi connectivity index (χ4n) is 4.37. The first-order valence-corrected chi connectivity index (χ1v) is 13.6. The van der Waals surface area contributed by atoms with Crippen molar-refractivity contribution in [1.29, 1.82) is 0 Å². The van der Waals surface area contributed by atoms with Gasteiger partial charge in [-0.2, -0.15) is 0 Å². The summed E-state index contributed by atoms with van der Waals surface area (Å²) in [6, 6.07) is 3.62. The lowest BCUT2D eigenvalue weighted by molar-refractivity contribution is -0.113. The molecule has 4 rings (SSSR count). The number of carbonyl (C=O) groups is 2. The Bertz CT molecular complexity index is 1280. The van der Waals surface area contributed by atoms with Crippen LogP contribution in [0, 0.1) is 0 Å². The molecule has 0 bridgehead atoms. The van der Waals surface area contributed by atoms with Gasteiger partial charge in [0.05, 0.1) is 39.8 Å². The summed E-state index contributed by atoms with van der Waals surface area (Å²) in [5.74, 6) is 1.59. The number of esters is 1. The number of thiophene rings is 1. The Kier molecular flexibility index (Phi) is 8.59. The highest BCUT2D eigenvalue weighted by atomic mass is 32.2. The number of nitrogens with one attached hydrogen (secondary N) is 1. The van der Waals surface area contributed by atoms with Crippen molar-refractivity contribution >= 4 is 40.0 Å². The fourth-order valence-corrected chi connectivity index (χ4v) is 6.46. The predicted molar refractivity (Wildman–Crippen MR) is 142 cm³/mol. The van der Waals surface area contributed by atoms with Gasteiger partial charge in [0, 0.05) is 17.0 Å². The second kappa shape index (κ2) is 11.9. The zero-order valence-corrected chi connectivity index (χ0v) is 23.1. The Morgan fingerprint density at radius 3 is 2.38 bits per heavy atom. The Morgan fingerprint density at radius 2 is 1.76 bits per heavy atom. The average molecular weight is 547 g/mol. The average Bonchev–Trinajstić information content (AvgIpc) is 3.51. The molecule has 0 atom stereocenters. The summed E-state index contributed by atoms with van der Waals surface area (Å²) in [6.45, 7) is 2.57. The van der Waals surface area contributed by atoms with Crippen molar-refractivity contribution in [2.24, 2.45) is 0 Å². The Balaban J connectivity index is 1.53. The van der Waals surface area contributed by atoms with Crippen LogP contribution in [-0.4, -0.2) is 60.8 Å². The van der Waals surface area contributed by atoms with Gasteiger partial charge in [-0.15, -0.1) is 21.5 Å². The van der Waals surface area contributed by atoms with E-state index in [4.69, 9.17) is 18.9 Å². The molecular formula is C25H30N4O6S2. The quantitative estimate of drug-likeness (QED) is 0.291. The van der Waals surface area contributed by atoms with Crippen LogP contribution >= 0.6 is 23.1 Å². The van der Waals surface area contributed by atoms with Crippen molar-refractivity contribution < 1.29 is 28.5 Å². The van der Waals surface area contributed by atoms with E-state index in [1.54, 1.807) is 21.3 Å². The summed E-state index contributed by atoms with van der Waals surface area (Å²) in [5, 5.41) is 12.8. The number of amides is 1. The highest BCUT2D eigenvalue weighted by Gasteiger charge is 2.27. The molecular weight excluding hydrogens is 516 g/mol. The molecule has 37 heavy (non-hydrogen) atoms. The minimum atomic E-state index is -0.414. The maximum Gasteiger partial charge on any atom is 0.341 e. The van der Waals surface area contributed by atoms with Crippen molar-refractivity contribution in [2.45, 2.75) is 44.3 Å². The Morgan fingerprint density at radius 1 is 1.05 bits per heavy atom. The number of aromatic nitrogens is 3. The van der Waals surface area contributed by atoms with Crippen LogP contribution in [0.2, 0.25) is 0 Å². The smallest absolute Gasteiger partial charge is 0.341 e. The molecule has 0 saturated heterocycles. The van der Waals surface area contributed by atoms with Crippen LogP contribution in [0.5, 0.6) is 17.2 Å². The first-order valence-electron chi connectivity index (χ1n) is 11.8. The zero-order chi connectivity index (χ0) is 26.5. The Hall–Kier alpha value is -3.25. The molecule has 2 heterocycles. The predicted octanol–water partition coefficient (Wildman–Crippen LogP) is 4.45. The van der Waals surface area contributed by atoms with E-state index in [0.29, 0.717) is 45.3 Å². The maximum atomic E-state index is 12.9. The molecule has 0 radical (unpaired) electrons. The van der Waals surface area contributed by atoms with Crippen LogP contribution in [0.15, 0.2) is 17.3 Å². The lowest BCUT2D eigenvalue weighted by Crippen LogP contribution is -2.17. The number of hydrogen-bond acceptors (Lipinski definition) is 10. The molecule has 1 aromatic carbocycles.